The molecule has 0 saturated carbocycles. The van der Waals surface area contributed by atoms with Crippen molar-refractivity contribution in [1.82, 2.24) is 39.9 Å². The lowest BCUT2D eigenvalue weighted by Gasteiger charge is -2.17. The minimum absolute atomic E-state index is 0.578. The van der Waals surface area contributed by atoms with E-state index in [-0.39, 0.29) is 0 Å². The Morgan fingerprint density at radius 1 is 0.134 bits per heavy atom. The number of benzene rings is 22. The standard InChI is InChI=1S/C66H38N4O.C58H34N4O/c1-3-16-41-34-46(30-28-39(41)14-1)65-68-64(69-66(70-65)47-31-29-40-15-2-4-17-42(40)35-47)45-19-13-18-44(36-45)63-56-38-59-62(54-25-10-12-27-58(54)71-59)60(61(56)53-24-9-11-26-57(53)67-63)43-32-33-52-50-22-6-5-20-48(50)49-21-7-8-23-51(49)55(52)37-43;1-3-16-35(17-4-1)56-60-57(36-18-5-2-6-19-36)62-58(61-56)39-21-15-20-38(32-39)55-48-34-51-54(46-27-12-14-29-50(46)63-51)52(53(48)45-26-11-13-28-49(45)59-55)37-30-31-44-42-24-8-7-22-40(42)41-23-9-10-25-43(41)47(44)33-37/h1-38H;1-34H. The minimum atomic E-state index is 0.578. The molecule has 10 nitrogen and oxygen atoms in total. The van der Waals surface area contributed by atoms with E-state index in [0.29, 0.717) is 34.9 Å². The number of fused-ring (bicyclic) bond motifs is 26. The first-order valence-corrected chi connectivity index (χ1v) is 45.2. The summed E-state index contributed by atoms with van der Waals surface area (Å²) in [5, 5.41) is 30.1. The normalized spacial score (nSPS) is 11.9. The number of pyridine rings is 2. The van der Waals surface area contributed by atoms with Gasteiger partial charge < -0.3 is 8.83 Å². The van der Waals surface area contributed by atoms with Gasteiger partial charge in [0.2, 0.25) is 0 Å². The van der Waals surface area contributed by atoms with Crippen LogP contribution in [0.2, 0.25) is 0 Å². The van der Waals surface area contributed by atoms with Gasteiger partial charge in [-0.25, -0.2) is 39.9 Å². The van der Waals surface area contributed by atoms with Gasteiger partial charge in [0.25, 0.3) is 0 Å². The summed E-state index contributed by atoms with van der Waals surface area (Å²) in [6.45, 7) is 0. The molecular weight excluding hydrogens is 1630 g/mol. The third kappa shape index (κ3) is 12.6. The highest BCUT2D eigenvalue weighted by Gasteiger charge is 2.28. The Hall–Kier alpha value is -18.1. The first kappa shape index (κ1) is 76.0. The van der Waals surface area contributed by atoms with Crippen LogP contribution in [-0.2, 0) is 0 Å². The van der Waals surface area contributed by atoms with Crippen molar-refractivity contribution in [2.24, 2.45) is 0 Å². The van der Waals surface area contributed by atoms with E-state index in [1.807, 2.05) is 72.8 Å². The fourth-order valence-electron chi connectivity index (χ4n) is 20.7. The largest absolute Gasteiger partial charge is 0.456 e. The number of para-hydroxylation sites is 4. The Bertz CT molecular complexity index is 9590. The highest BCUT2D eigenvalue weighted by molar-refractivity contribution is 6.33. The average Bonchev–Trinajstić information content (AvgIpc) is 1.39. The fourth-order valence-corrected chi connectivity index (χ4v) is 20.7. The van der Waals surface area contributed by atoms with E-state index in [4.69, 9.17) is 48.7 Å². The molecule has 0 unspecified atom stereocenters. The summed E-state index contributed by atoms with van der Waals surface area (Å²) >= 11 is 0. The minimum Gasteiger partial charge on any atom is -0.456 e. The second-order valence-electron chi connectivity index (χ2n) is 34.6. The fraction of sp³-hybridized carbons (Fsp3) is 0. The first-order valence-electron chi connectivity index (χ1n) is 45.2. The first-order chi connectivity index (χ1) is 66.4. The number of aromatic nitrogens is 8. The molecule has 0 N–H and O–H groups in total. The van der Waals surface area contributed by atoms with Crippen molar-refractivity contribution in [1.29, 1.82) is 0 Å². The molecule has 620 valence electrons. The van der Waals surface area contributed by atoms with E-state index in [9.17, 15) is 0 Å². The van der Waals surface area contributed by atoms with Gasteiger partial charge in [0, 0.05) is 109 Å². The zero-order chi connectivity index (χ0) is 88.0. The monoisotopic (exact) mass is 1700 g/mol. The van der Waals surface area contributed by atoms with Crippen LogP contribution in [0.25, 0.3) is 287 Å². The summed E-state index contributed by atoms with van der Waals surface area (Å²) in [7, 11) is 0. The van der Waals surface area contributed by atoms with Crippen LogP contribution >= 0.6 is 0 Å². The predicted molar refractivity (Wildman–Crippen MR) is 554 cm³/mol. The number of hydrogen-bond acceptors (Lipinski definition) is 10. The van der Waals surface area contributed by atoms with Crippen LogP contribution in [0.5, 0.6) is 0 Å². The van der Waals surface area contributed by atoms with E-state index in [0.717, 1.165) is 187 Å². The maximum Gasteiger partial charge on any atom is 0.164 e. The molecule has 0 aliphatic carbocycles. The van der Waals surface area contributed by atoms with Gasteiger partial charge in [-0.05, 0) is 170 Å². The lowest BCUT2D eigenvalue weighted by molar-refractivity contribution is 0.669. The summed E-state index contributed by atoms with van der Waals surface area (Å²) in [5.41, 5.74) is 18.6. The summed E-state index contributed by atoms with van der Waals surface area (Å²) in [4.78, 5) is 41.7. The van der Waals surface area contributed by atoms with Crippen molar-refractivity contribution in [3.8, 4) is 113 Å². The summed E-state index contributed by atoms with van der Waals surface area (Å²) in [5.74, 6) is 3.62. The molecule has 0 atom stereocenters. The Balaban J connectivity index is 0.000000137. The number of hydrogen-bond donors (Lipinski definition) is 0. The molecular formula is C124H72N8O2. The molecule has 0 spiro atoms. The van der Waals surface area contributed by atoms with Crippen LogP contribution in [0.15, 0.2) is 446 Å². The highest BCUT2D eigenvalue weighted by atomic mass is 16.3. The Labute approximate surface area is 766 Å². The second-order valence-corrected chi connectivity index (χ2v) is 34.6. The van der Waals surface area contributed by atoms with Crippen molar-refractivity contribution in [2.45, 2.75) is 0 Å². The molecule has 6 aromatic heterocycles. The summed E-state index contributed by atoms with van der Waals surface area (Å²) in [6.07, 6.45) is 0. The maximum atomic E-state index is 6.84. The van der Waals surface area contributed by atoms with Crippen molar-refractivity contribution < 1.29 is 8.83 Å². The Morgan fingerprint density at radius 3 is 0.791 bits per heavy atom. The van der Waals surface area contributed by atoms with Crippen LogP contribution in [0, 0.1) is 0 Å². The van der Waals surface area contributed by atoms with Crippen LogP contribution in [0.3, 0.4) is 0 Å². The molecule has 0 fully saturated rings. The highest BCUT2D eigenvalue weighted by Crippen LogP contribution is 2.52. The van der Waals surface area contributed by atoms with Gasteiger partial charge in [0.1, 0.15) is 22.3 Å². The smallest absolute Gasteiger partial charge is 0.164 e. The lowest BCUT2D eigenvalue weighted by atomic mass is 9.87. The van der Waals surface area contributed by atoms with Gasteiger partial charge in [0.05, 0.1) is 22.4 Å². The van der Waals surface area contributed by atoms with Gasteiger partial charge >= 0.3 is 0 Å². The third-order valence-corrected chi connectivity index (χ3v) is 26.9. The maximum absolute atomic E-state index is 6.84. The number of rotatable bonds is 10. The van der Waals surface area contributed by atoms with E-state index >= 15 is 0 Å². The van der Waals surface area contributed by atoms with E-state index in [1.54, 1.807) is 0 Å². The van der Waals surface area contributed by atoms with Gasteiger partial charge in [-0.1, -0.05) is 364 Å². The SMILES string of the molecule is c1cc(-c2nc(-c3ccc4ccccc4c3)nc(-c3ccc4ccccc4c3)n2)cc(-c2nc3ccccc3c3c(-c4ccc5c6ccccc6c6ccccc6c5c4)c4c(cc23)oc2ccccc24)c1.c1ccc(-c2nc(-c3ccccc3)nc(-c3cccc(-c4nc5ccccc5c5c(-c6ccc7c8ccccc8c8ccccc8c7c6)c6c(cc45)oc4ccccc46)c3)n2)cc1. The Morgan fingerprint density at radius 2 is 0.410 bits per heavy atom. The molecule has 22 aromatic carbocycles. The van der Waals surface area contributed by atoms with Crippen molar-refractivity contribution in [3.63, 3.8) is 0 Å². The Kier molecular flexibility index (Phi) is 17.5. The molecule has 0 aliphatic heterocycles. The third-order valence-electron chi connectivity index (χ3n) is 26.9. The topological polar surface area (TPSA) is 129 Å². The van der Waals surface area contributed by atoms with Gasteiger partial charge in [0.15, 0.2) is 34.9 Å². The number of nitrogens with zero attached hydrogens (tertiary/aromatic N) is 8. The second kappa shape index (κ2) is 30.8. The number of furan rings is 2. The molecule has 10 heteroatoms. The molecule has 0 amide bonds. The molecule has 0 bridgehead atoms. The van der Waals surface area contributed by atoms with Crippen LogP contribution in [-0.4, -0.2) is 39.9 Å². The quantitative estimate of drug-likeness (QED) is 0.122. The van der Waals surface area contributed by atoms with Crippen LogP contribution in [0.4, 0.5) is 0 Å². The lowest BCUT2D eigenvalue weighted by Crippen LogP contribution is -2.00. The van der Waals surface area contributed by atoms with Gasteiger partial charge in [-0.15, -0.1) is 0 Å². The van der Waals surface area contributed by atoms with Gasteiger partial charge in [-0.2, -0.15) is 0 Å². The van der Waals surface area contributed by atoms with Crippen LogP contribution < -0.4 is 0 Å². The average molecular weight is 1710 g/mol. The molecule has 28 aromatic rings. The molecule has 28 rings (SSSR count). The summed E-state index contributed by atoms with van der Waals surface area (Å²) in [6, 6.07) is 154. The van der Waals surface area contributed by atoms with Crippen molar-refractivity contribution in [3.05, 3.63) is 437 Å². The van der Waals surface area contributed by atoms with Crippen LogP contribution in [0.1, 0.15) is 0 Å². The molecule has 0 saturated heterocycles. The van der Waals surface area contributed by atoms with Crippen molar-refractivity contribution >= 4 is 173 Å². The predicted octanol–water partition coefficient (Wildman–Crippen LogP) is 32.8. The van der Waals surface area contributed by atoms with Crippen molar-refractivity contribution in [2.75, 3.05) is 0 Å². The summed E-state index contributed by atoms with van der Waals surface area (Å²) < 4.78 is 13.6. The zero-order valence-electron chi connectivity index (χ0n) is 72.0. The van der Waals surface area contributed by atoms with Gasteiger partial charge in [-0.3, -0.25) is 0 Å². The van der Waals surface area contributed by atoms with E-state index in [2.05, 4.69) is 364 Å². The zero-order valence-corrected chi connectivity index (χ0v) is 72.0. The molecule has 0 aliphatic rings. The molecule has 6 heterocycles. The van der Waals surface area contributed by atoms with E-state index < -0.39 is 0 Å². The molecule has 134 heavy (non-hydrogen) atoms. The molecule has 0 radical (unpaired) electrons. The van der Waals surface area contributed by atoms with E-state index in [1.165, 1.54) is 64.6 Å².